The van der Waals surface area contributed by atoms with Crippen molar-refractivity contribution in [1.29, 1.82) is 0 Å². The van der Waals surface area contributed by atoms with Crippen molar-refractivity contribution < 1.29 is 9.47 Å². The molecule has 1 aliphatic heterocycles. The van der Waals surface area contributed by atoms with Gasteiger partial charge in [0.1, 0.15) is 18.5 Å². The molecule has 0 aliphatic carbocycles. The van der Waals surface area contributed by atoms with E-state index in [4.69, 9.17) is 9.47 Å². The van der Waals surface area contributed by atoms with Crippen LogP contribution in [0.15, 0.2) is 24.3 Å². The second-order valence-electron chi connectivity index (χ2n) is 6.27. The molecule has 0 amide bonds. The Morgan fingerprint density at radius 3 is 2.57 bits per heavy atom. The monoisotopic (exact) mass is 291 g/mol. The van der Waals surface area contributed by atoms with E-state index in [9.17, 15) is 0 Å². The maximum atomic E-state index is 5.89. The highest BCUT2D eigenvalue weighted by molar-refractivity contribution is 5.29. The molecule has 0 radical (unpaired) electrons. The molecule has 118 valence electrons. The van der Waals surface area contributed by atoms with Crippen LogP contribution in [0.5, 0.6) is 5.75 Å². The van der Waals surface area contributed by atoms with Gasteiger partial charge >= 0.3 is 0 Å². The zero-order valence-electron chi connectivity index (χ0n) is 13.8. The fourth-order valence-corrected chi connectivity index (χ4v) is 2.63. The lowest BCUT2D eigenvalue weighted by molar-refractivity contribution is -0.0564. The van der Waals surface area contributed by atoms with Gasteiger partial charge in [-0.15, -0.1) is 0 Å². The topological polar surface area (TPSA) is 21.7 Å². The normalized spacial score (nSPS) is 21.5. The molecule has 0 saturated carbocycles. The number of morpholine rings is 1. The number of hydrogen-bond acceptors (Lipinski definition) is 3. The van der Waals surface area contributed by atoms with Crippen LogP contribution in [-0.2, 0) is 4.74 Å². The van der Waals surface area contributed by atoms with E-state index in [2.05, 4.69) is 56.9 Å². The molecule has 1 fully saturated rings. The molecule has 1 aromatic rings. The van der Waals surface area contributed by atoms with Gasteiger partial charge < -0.3 is 9.47 Å². The van der Waals surface area contributed by atoms with E-state index in [0.717, 1.165) is 25.4 Å². The molecule has 1 saturated heterocycles. The van der Waals surface area contributed by atoms with E-state index >= 15 is 0 Å². The Morgan fingerprint density at radius 1 is 1.24 bits per heavy atom. The highest BCUT2D eigenvalue weighted by Gasteiger charge is 2.22. The molecule has 2 rings (SSSR count). The summed E-state index contributed by atoms with van der Waals surface area (Å²) >= 11 is 0. The summed E-state index contributed by atoms with van der Waals surface area (Å²) in [6, 6.07) is 9.07. The molecule has 2 unspecified atom stereocenters. The van der Waals surface area contributed by atoms with E-state index in [1.165, 1.54) is 12.0 Å². The molecule has 2 atom stereocenters. The summed E-state index contributed by atoms with van der Waals surface area (Å²) in [5.74, 6) is 1.55. The Kier molecular flexibility index (Phi) is 6.07. The third-order valence-corrected chi connectivity index (χ3v) is 4.40. The number of ether oxygens (including phenoxy) is 2. The molecule has 0 bridgehead atoms. The van der Waals surface area contributed by atoms with E-state index in [-0.39, 0.29) is 6.10 Å². The van der Waals surface area contributed by atoms with Crippen LogP contribution in [0.2, 0.25) is 0 Å². The molecule has 3 nitrogen and oxygen atoms in total. The fourth-order valence-electron chi connectivity index (χ4n) is 2.63. The highest BCUT2D eigenvalue weighted by Crippen LogP contribution is 2.21. The van der Waals surface area contributed by atoms with E-state index in [1.54, 1.807) is 0 Å². The van der Waals surface area contributed by atoms with Gasteiger partial charge in [-0.25, -0.2) is 0 Å². The van der Waals surface area contributed by atoms with Crippen LogP contribution in [-0.4, -0.2) is 43.3 Å². The molecule has 1 heterocycles. The van der Waals surface area contributed by atoms with Crippen LogP contribution in [0.4, 0.5) is 0 Å². The van der Waals surface area contributed by atoms with Crippen LogP contribution >= 0.6 is 0 Å². The standard InChI is InChI=1S/C18H29NO2/c1-5-15(4)16-6-8-17(9-7-16)21-13-18-12-19(14(2)3)10-11-20-18/h6-9,14-15,18H,5,10-13H2,1-4H3. The largest absolute Gasteiger partial charge is 0.491 e. The minimum absolute atomic E-state index is 0.176. The van der Waals surface area contributed by atoms with E-state index in [0.29, 0.717) is 18.6 Å². The lowest BCUT2D eigenvalue weighted by Gasteiger charge is -2.35. The van der Waals surface area contributed by atoms with Gasteiger partial charge in [-0.2, -0.15) is 0 Å². The van der Waals surface area contributed by atoms with E-state index < -0.39 is 0 Å². The average Bonchev–Trinajstić information content (AvgIpc) is 2.53. The third kappa shape index (κ3) is 4.72. The maximum Gasteiger partial charge on any atom is 0.119 e. The number of rotatable bonds is 6. The van der Waals surface area contributed by atoms with Gasteiger partial charge in [-0.3, -0.25) is 4.90 Å². The van der Waals surface area contributed by atoms with Crippen LogP contribution in [0.1, 0.15) is 45.6 Å². The number of benzene rings is 1. The second-order valence-corrected chi connectivity index (χ2v) is 6.27. The Bertz CT molecular complexity index is 416. The van der Waals surface area contributed by atoms with Gasteiger partial charge in [0.05, 0.1) is 6.61 Å². The van der Waals surface area contributed by atoms with Crippen molar-refractivity contribution in [3.05, 3.63) is 29.8 Å². The first-order chi connectivity index (χ1) is 10.1. The van der Waals surface area contributed by atoms with Gasteiger partial charge in [0.25, 0.3) is 0 Å². The first-order valence-electron chi connectivity index (χ1n) is 8.18. The molecular formula is C18H29NO2. The van der Waals surface area contributed by atoms with Crippen molar-refractivity contribution in [3.8, 4) is 5.75 Å². The van der Waals surface area contributed by atoms with Gasteiger partial charge in [-0.05, 0) is 43.9 Å². The van der Waals surface area contributed by atoms with Crippen molar-refractivity contribution in [1.82, 2.24) is 4.90 Å². The molecule has 3 heteroatoms. The van der Waals surface area contributed by atoms with Crippen molar-refractivity contribution >= 4 is 0 Å². The zero-order chi connectivity index (χ0) is 15.2. The van der Waals surface area contributed by atoms with Crippen molar-refractivity contribution in [2.24, 2.45) is 0 Å². The SMILES string of the molecule is CCC(C)c1ccc(OCC2CN(C(C)C)CCO2)cc1. The molecule has 1 aliphatic rings. The second kappa shape index (κ2) is 7.81. The Balaban J connectivity index is 1.82. The van der Waals surface area contributed by atoms with Gasteiger partial charge in [0.15, 0.2) is 0 Å². The fraction of sp³-hybridized carbons (Fsp3) is 0.667. The zero-order valence-corrected chi connectivity index (χ0v) is 13.8. The predicted molar refractivity (Wildman–Crippen MR) is 87.1 cm³/mol. The smallest absolute Gasteiger partial charge is 0.119 e. The summed E-state index contributed by atoms with van der Waals surface area (Å²) in [5.41, 5.74) is 1.38. The Hall–Kier alpha value is -1.06. The first kappa shape index (κ1) is 16.3. The summed E-state index contributed by atoms with van der Waals surface area (Å²) in [6.45, 7) is 12.4. The third-order valence-electron chi connectivity index (χ3n) is 4.40. The molecular weight excluding hydrogens is 262 g/mol. The van der Waals surface area contributed by atoms with Gasteiger partial charge in [-0.1, -0.05) is 26.0 Å². The first-order valence-corrected chi connectivity index (χ1v) is 8.18. The Labute approximate surface area is 129 Å². The molecule has 0 N–H and O–H groups in total. The summed E-state index contributed by atoms with van der Waals surface area (Å²) in [7, 11) is 0. The highest BCUT2D eigenvalue weighted by atomic mass is 16.5. The Morgan fingerprint density at radius 2 is 1.95 bits per heavy atom. The molecule has 1 aromatic carbocycles. The van der Waals surface area contributed by atoms with Crippen LogP contribution in [0.25, 0.3) is 0 Å². The summed E-state index contributed by atoms with van der Waals surface area (Å²) in [6.07, 6.45) is 1.34. The van der Waals surface area contributed by atoms with Gasteiger partial charge in [0.2, 0.25) is 0 Å². The summed E-state index contributed by atoms with van der Waals surface area (Å²) in [4.78, 5) is 2.45. The summed E-state index contributed by atoms with van der Waals surface area (Å²) in [5, 5.41) is 0. The molecule has 21 heavy (non-hydrogen) atoms. The number of hydrogen-bond donors (Lipinski definition) is 0. The lowest BCUT2D eigenvalue weighted by atomic mass is 9.99. The lowest BCUT2D eigenvalue weighted by Crippen LogP contribution is -2.47. The average molecular weight is 291 g/mol. The molecule has 0 spiro atoms. The van der Waals surface area contributed by atoms with Crippen LogP contribution in [0.3, 0.4) is 0 Å². The minimum Gasteiger partial charge on any atom is -0.491 e. The maximum absolute atomic E-state index is 5.89. The van der Waals surface area contributed by atoms with E-state index in [1.807, 2.05) is 0 Å². The van der Waals surface area contributed by atoms with Crippen LogP contribution < -0.4 is 4.74 Å². The summed E-state index contributed by atoms with van der Waals surface area (Å²) < 4.78 is 11.7. The van der Waals surface area contributed by atoms with Crippen molar-refractivity contribution in [2.75, 3.05) is 26.3 Å². The van der Waals surface area contributed by atoms with Crippen molar-refractivity contribution in [3.63, 3.8) is 0 Å². The minimum atomic E-state index is 0.176. The quantitative estimate of drug-likeness (QED) is 0.798. The number of nitrogens with zero attached hydrogens (tertiary/aromatic N) is 1. The van der Waals surface area contributed by atoms with Crippen molar-refractivity contribution in [2.45, 2.75) is 52.2 Å². The molecule has 0 aromatic heterocycles. The van der Waals surface area contributed by atoms with Gasteiger partial charge in [0, 0.05) is 19.1 Å². The predicted octanol–water partition coefficient (Wildman–Crippen LogP) is 3.69. The van der Waals surface area contributed by atoms with Crippen LogP contribution in [0, 0.1) is 0 Å².